The summed E-state index contributed by atoms with van der Waals surface area (Å²) in [5, 5.41) is 8.76. The van der Waals surface area contributed by atoms with E-state index in [0.717, 1.165) is 16.8 Å². The van der Waals surface area contributed by atoms with Crippen molar-refractivity contribution < 1.29 is 9.32 Å². The Morgan fingerprint density at radius 1 is 1.18 bits per heavy atom. The van der Waals surface area contributed by atoms with Gasteiger partial charge in [0.2, 0.25) is 11.8 Å². The Morgan fingerprint density at radius 2 is 1.95 bits per heavy atom. The van der Waals surface area contributed by atoms with E-state index in [-0.39, 0.29) is 12.5 Å². The molecule has 0 fully saturated rings. The second-order valence-electron chi connectivity index (χ2n) is 5.27. The molecule has 1 N–H and O–H groups in total. The van der Waals surface area contributed by atoms with Crippen molar-refractivity contribution in [1.29, 1.82) is 0 Å². The van der Waals surface area contributed by atoms with Gasteiger partial charge in [0.15, 0.2) is 0 Å². The maximum atomic E-state index is 12.0. The monoisotopic (exact) mass is 295 g/mol. The highest BCUT2D eigenvalue weighted by atomic mass is 16.5. The first-order valence-corrected chi connectivity index (χ1v) is 7.05. The lowest BCUT2D eigenvalue weighted by molar-refractivity contribution is -0.115. The number of nitrogens with zero attached hydrogens (tertiary/aromatic N) is 2. The average molecular weight is 295 g/mol. The fourth-order valence-electron chi connectivity index (χ4n) is 2.32. The smallest absolute Gasteiger partial charge is 0.246 e. The van der Waals surface area contributed by atoms with Gasteiger partial charge in [-0.1, -0.05) is 35.5 Å². The van der Waals surface area contributed by atoms with Crippen LogP contribution in [0, 0.1) is 6.92 Å². The molecular formula is C17H17N3O2. The van der Waals surface area contributed by atoms with E-state index in [1.807, 2.05) is 30.1 Å². The Labute approximate surface area is 128 Å². The predicted octanol–water partition coefficient (Wildman–Crippen LogP) is 3.21. The Kier molecular flexibility index (Phi) is 3.78. The molecule has 0 aliphatic heterocycles. The standard InChI is InChI=1S/C17H17N3O2/c1-12-9-17(22-19-12)18-16(21)11-20(2)15-8-7-13-5-3-4-6-14(13)10-15/h3-10H,11H2,1-2H3,(H,18,21). The number of anilines is 2. The summed E-state index contributed by atoms with van der Waals surface area (Å²) in [7, 11) is 1.88. The van der Waals surface area contributed by atoms with Crippen LogP contribution in [0.2, 0.25) is 0 Å². The van der Waals surface area contributed by atoms with Crippen molar-refractivity contribution in [1.82, 2.24) is 5.16 Å². The van der Waals surface area contributed by atoms with Crippen molar-refractivity contribution in [2.24, 2.45) is 0 Å². The van der Waals surface area contributed by atoms with Crippen molar-refractivity contribution in [3.05, 3.63) is 54.2 Å². The van der Waals surface area contributed by atoms with Crippen LogP contribution in [0.4, 0.5) is 11.6 Å². The maximum Gasteiger partial charge on any atom is 0.246 e. The minimum atomic E-state index is -0.146. The summed E-state index contributed by atoms with van der Waals surface area (Å²) < 4.78 is 4.98. The van der Waals surface area contributed by atoms with E-state index in [2.05, 4.69) is 34.7 Å². The predicted molar refractivity (Wildman–Crippen MR) is 87.1 cm³/mol. The molecule has 5 heteroatoms. The zero-order valence-electron chi connectivity index (χ0n) is 12.5. The Bertz CT molecular complexity index is 810. The third kappa shape index (κ3) is 3.09. The molecule has 1 aromatic heterocycles. The summed E-state index contributed by atoms with van der Waals surface area (Å²) in [6, 6.07) is 16.0. The number of rotatable bonds is 4. The summed E-state index contributed by atoms with van der Waals surface area (Å²) in [5.41, 5.74) is 1.72. The zero-order chi connectivity index (χ0) is 15.5. The molecule has 0 radical (unpaired) electrons. The Morgan fingerprint density at radius 3 is 2.68 bits per heavy atom. The summed E-state index contributed by atoms with van der Waals surface area (Å²) in [6.07, 6.45) is 0. The quantitative estimate of drug-likeness (QED) is 0.803. The van der Waals surface area contributed by atoms with Gasteiger partial charge in [0.1, 0.15) is 0 Å². The minimum absolute atomic E-state index is 0.146. The normalized spacial score (nSPS) is 10.6. The Hall–Kier alpha value is -2.82. The lowest BCUT2D eigenvalue weighted by Gasteiger charge is -2.18. The number of carbonyl (C=O) groups is 1. The van der Waals surface area contributed by atoms with Crippen molar-refractivity contribution in [3.8, 4) is 0 Å². The summed E-state index contributed by atoms with van der Waals surface area (Å²) >= 11 is 0. The van der Waals surface area contributed by atoms with Gasteiger partial charge in [-0.3, -0.25) is 10.1 Å². The van der Waals surface area contributed by atoms with Gasteiger partial charge in [0.25, 0.3) is 0 Å². The van der Waals surface area contributed by atoms with Crippen LogP contribution in [0.3, 0.4) is 0 Å². The zero-order valence-corrected chi connectivity index (χ0v) is 12.5. The van der Waals surface area contributed by atoms with Crippen LogP contribution >= 0.6 is 0 Å². The maximum absolute atomic E-state index is 12.0. The number of likely N-dealkylation sites (N-methyl/N-ethyl adjacent to an activating group) is 1. The van der Waals surface area contributed by atoms with E-state index in [9.17, 15) is 4.79 Å². The Balaban J connectivity index is 1.69. The van der Waals surface area contributed by atoms with Crippen LogP contribution in [0.5, 0.6) is 0 Å². The number of aromatic nitrogens is 1. The number of nitrogens with one attached hydrogen (secondary N) is 1. The molecule has 2 aromatic carbocycles. The minimum Gasteiger partial charge on any atom is -0.365 e. The highest BCUT2D eigenvalue weighted by Gasteiger charge is 2.10. The average Bonchev–Trinajstić information content (AvgIpc) is 2.91. The molecule has 1 amide bonds. The lowest BCUT2D eigenvalue weighted by Crippen LogP contribution is -2.29. The summed E-state index contributed by atoms with van der Waals surface area (Å²) in [4.78, 5) is 13.9. The molecule has 0 atom stereocenters. The highest BCUT2D eigenvalue weighted by molar-refractivity contribution is 5.93. The molecular weight excluding hydrogens is 278 g/mol. The molecule has 0 saturated heterocycles. The fraction of sp³-hybridized carbons (Fsp3) is 0.176. The third-order valence-corrected chi connectivity index (χ3v) is 3.45. The van der Waals surface area contributed by atoms with Crippen LogP contribution in [-0.2, 0) is 4.79 Å². The number of amides is 1. The van der Waals surface area contributed by atoms with Gasteiger partial charge in [-0.25, -0.2) is 0 Å². The molecule has 0 unspecified atom stereocenters. The fourth-order valence-corrected chi connectivity index (χ4v) is 2.32. The van der Waals surface area contributed by atoms with E-state index in [1.165, 1.54) is 5.39 Å². The number of fused-ring (bicyclic) bond motifs is 1. The number of hydrogen-bond acceptors (Lipinski definition) is 4. The molecule has 0 saturated carbocycles. The van der Waals surface area contributed by atoms with Crippen LogP contribution in [0.15, 0.2) is 53.1 Å². The number of aryl methyl sites for hydroxylation is 1. The molecule has 0 aliphatic rings. The van der Waals surface area contributed by atoms with Gasteiger partial charge in [0, 0.05) is 18.8 Å². The van der Waals surface area contributed by atoms with Gasteiger partial charge < -0.3 is 9.42 Å². The molecule has 1 heterocycles. The number of benzene rings is 2. The van der Waals surface area contributed by atoms with Gasteiger partial charge in [-0.05, 0) is 29.8 Å². The first-order chi connectivity index (χ1) is 10.6. The van der Waals surface area contributed by atoms with Crippen LogP contribution < -0.4 is 10.2 Å². The van der Waals surface area contributed by atoms with Crippen molar-refractivity contribution in [2.45, 2.75) is 6.92 Å². The molecule has 0 bridgehead atoms. The lowest BCUT2D eigenvalue weighted by atomic mass is 10.1. The molecule has 0 aliphatic carbocycles. The van der Waals surface area contributed by atoms with Crippen LogP contribution in [0.1, 0.15) is 5.69 Å². The van der Waals surface area contributed by atoms with Crippen molar-refractivity contribution in [2.75, 3.05) is 23.8 Å². The number of carbonyl (C=O) groups excluding carboxylic acids is 1. The molecule has 112 valence electrons. The topological polar surface area (TPSA) is 58.4 Å². The van der Waals surface area contributed by atoms with E-state index in [1.54, 1.807) is 13.0 Å². The highest BCUT2D eigenvalue weighted by Crippen LogP contribution is 2.21. The van der Waals surface area contributed by atoms with Gasteiger partial charge in [0.05, 0.1) is 12.2 Å². The van der Waals surface area contributed by atoms with Gasteiger partial charge in [-0.2, -0.15) is 0 Å². The van der Waals surface area contributed by atoms with Crippen molar-refractivity contribution >= 4 is 28.3 Å². The van der Waals surface area contributed by atoms with E-state index in [0.29, 0.717) is 5.88 Å². The second-order valence-corrected chi connectivity index (χ2v) is 5.27. The SMILES string of the molecule is Cc1cc(NC(=O)CN(C)c2ccc3ccccc3c2)on1. The third-order valence-electron chi connectivity index (χ3n) is 3.45. The largest absolute Gasteiger partial charge is 0.365 e. The molecule has 5 nitrogen and oxygen atoms in total. The van der Waals surface area contributed by atoms with E-state index < -0.39 is 0 Å². The van der Waals surface area contributed by atoms with Gasteiger partial charge in [-0.15, -0.1) is 0 Å². The van der Waals surface area contributed by atoms with Crippen LogP contribution in [-0.4, -0.2) is 24.7 Å². The van der Waals surface area contributed by atoms with Gasteiger partial charge >= 0.3 is 0 Å². The first kappa shape index (κ1) is 14.1. The number of hydrogen-bond donors (Lipinski definition) is 1. The van der Waals surface area contributed by atoms with E-state index in [4.69, 9.17) is 4.52 Å². The summed E-state index contributed by atoms with van der Waals surface area (Å²) in [6.45, 7) is 2.04. The van der Waals surface area contributed by atoms with Crippen molar-refractivity contribution in [3.63, 3.8) is 0 Å². The summed E-state index contributed by atoms with van der Waals surface area (Å²) in [5.74, 6) is 0.223. The molecule has 3 aromatic rings. The van der Waals surface area contributed by atoms with E-state index >= 15 is 0 Å². The molecule has 0 spiro atoms. The molecule has 22 heavy (non-hydrogen) atoms. The molecule has 3 rings (SSSR count). The first-order valence-electron chi connectivity index (χ1n) is 7.05. The van der Waals surface area contributed by atoms with Crippen LogP contribution in [0.25, 0.3) is 10.8 Å². The second kappa shape index (κ2) is 5.89.